The zero-order valence-electron chi connectivity index (χ0n) is 9.04. The Morgan fingerprint density at radius 3 is 1.36 bits per heavy atom. The molecule has 4 heteroatoms. The third-order valence-electron chi connectivity index (χ3n) is 1.86. The predicted molar refractivity (Wildman–Crippen MR) is 58.2 cm³/mol. The van der Waals surface area contributed by atoms with Gasteiger partial charge in [0.05, 0.1) is 13.2 Å². The Bertz CT molecular complexity index is 90.1. The molecule has 86 valence electrons. The molecule has 0 aliphatic carbocycles. The smallest absolute Gasteiger partial charge is 0.0700 e. The van der Waals surface area contributed by atoms with Crippen molar-refractivity contribution in [2.45, 2.75) is 25.7 Å². The van der Waals surface area contributed by atoms with Gasteiger partial charge < -0.3 is 20.9 Å². The summed E-state index contributed by atoms with van der Waals surface area (Å²) in [4.78, 5) is 0. The maximum absolute atomic E-state index is 5.35. The van der Waals surface area contributed by atoms with Gasteiger partial charge in [0.25, 0.3) is 0 Å². The summed E-state index contributed by atoms with van der Waals surface area (Å²) in [7, 11) is 0. The summed E-state index contributed by atoms with van der Waals surface area (Å²) in [6.07, 6.45) is 4.17. The fourth-order valence-electron chi connectivity index (χ4n) is 1.02. The molecule has 14 heavy (non-hydrogen) atoms. The highest BCUT2D eigenvalue weighted by atomic mass is 16.5. The van der Waals surface area contributed by atoms with Gasteiger partial charge in [-0.05, 0) is 38.8 Å². The van der Waals surface area contributed by atoms with Crippen LogP contribution < -0.4 is 11.5 Å². The summed E-state index contributed by atoms with van der Waals surface area (Å²) in [5.41, 5.74) is 10.7. The zero-order valence-corrected chi connectivity index (χ0v) is 9.04. The Kier molecular flexibility index (Phi) is 12.7. The van der Waals surface area contributed by atoms with Gasteiger partial charge in [-0.15, -0.1) is 0 Å². The average molecular weight is 204 g/mol. The molecule has 0 bridgehead atoms. The Labute approximate surface area is 86.9 Å². The number of rotatable bonds is 11. The van der Waals surface area contributed by atoms with E-state index in [1.54, 1.807) is 0 Å². The van der Waals surface area contributed by atoms with Crippen LogP contribution in [-0.2, 0) is 9.47 Å². The molecule has 0 heterocycles. The first-order valence-electron chi connectivity index (χ1n) is 5.47. The second kappa shape index (κ2) is 12.8. The molecule has 0 saturated carbocycles. The van der Waals surface area contributed by atoms with Gasteiger partial charge in [0.2, 0.25) is 0 Å². The van der Waals surface area contributed by atoms with Crippen LogP contribution in [0.1, 0.15) is 25.7 Å². The Morgan fingerprint density at radius 1 is 0.571 bits per heavy atom. The van der Waals surface area contributed by atoms with Crippen molar-refractivity contribution in [1.29, 1.82) is 0 Å². The summed E-state index contributed by atoms with van der Waals surface area (Å²) in [6, 6.07) is 0. The summed E-state index contributed by atoms with van der Waals surface area (Å²) in [5.74, 6) is 0. The van der Waals surface area contributed by atoms with Crippen LogP contribution in [0.15, 0.2) is 0 Å². The minimum absolute atomic E-state index is 0.688. The van der Waals surface area contributed by atoms with Crippen molar-refractivity contribution in [1.82, 2.24) is 0 Å². The van der Waals surface area contributed by atoms with Gasteiger partial charge in [-0.3, -0.25) is 0 Å². The van der Waals surface area contributed by atoms with E-state index in [-0.39, 0.29) is 0 Å². The molecular weight excluding hydrogens is 180 g/mol. The average Bonchev–Trinajstić information content (AvgIpc) is 2.21. The van der Waals surface area contributed by atoms with Crippen molar-refractivity contribution < 1.29 is 9.47 Å². The van der Waals surface area contributed by atoms with Gasteiger partial charge in [-0.2, -0.15) is 0 Å². The van der Waals surface area contributed by atoms with Crippen LogP contribution in [-0.4, -0.2) is 39.5 Å². The molecule has 0 rings (SSSR count). The summed E-state index contributed by atoms with van der Waals surface area (Å²) >= 11 is 0. The van der Waals surface area contributed by atoms with Crippen LogP contribution in [0, 0.1) is 0 Å². The van der Waals surface area contributed by atoms with Gasteiger partial charge in [0.15, 0.2) is 0 Å². The topological polar surface area (TPSA) is 70.5 Å². The molecule has 0 atom stereocenters. The second-order valence-electron chi connectivity index (χ2n) is 3.22. The van der Waals surface area contributed by atoms with Gasteiger partial charge in [0, 0.05) is 13.2 Å². The van der Waals surface area contributed by atoms with Crippen LogP contribution in [0.25, 0.3) is 0 Å². The lowest BCUT2D eigenvalue weighted by molar-refractivity contribution is 0.0454. The molecule has 0 saturated heterocycles. The van der Waals surface area contributed by atoms with Crippen LogP contribution in [0.4, 0.5) is 0 Å². The van der Waals surface area contributed by atoms with E-state index in [9.17, 15) is 0 Å². The summed E-state index contributed by atoms with van der Waals surface area (Å²) < 4.78 is 10.7. The highest BCUT2D eigenvalue weighted by molar-refractivity contribution is 4.41. The van der Waals surface area contributed by atoms with Crippen molar-refractivity contribution in [2.24, 2.45) is 11.5 Å². The van der Waals surface area contributed by atoms with E-state index < -0.39 is 0 Å². The first-order valence-corrected chi connectivity index (χ1v) is 5.47. The number of unbranched alkanes of at least 4 members (excludes halogenated alkanes) is 2. The molecule has 0 aliphatic heterocycles. The minimum atomic E-state index is 0.688. The van der Waals surface area contributed by atoms with E-state index in [1.807, 2.05) is 0 Å². The molecule has 0 radical (unpaired) electrons. The quantitative estimate of drug-likeness (QED) is 0.481. The van der Waals surface area contributed by atoms with E-state index >= 15 is 0 Å². The molecule has 0 aromatic carbocycles. The fraction of sp³-hybridized carbons (Fsp3) is 1.00. The summed E-state index contributed by atoms with van der Waals surface area (Å²) in [6.45, 7) is 4.46. The van der Waals surface area contributed by atoms with Crippen LogP contribution in [0.5, 0.6) is 0 Å². The van der Waals surface area contributed by atoms with E-state index in [4.69, 9.17) is 20.9 Å². The van der Waals surface area contributed by atoms with Gasteiger partial charge in [-0.1, -0.05) is 0 Å². The van der Waals surface area contributed by atoms with E-state index in [0.717, 1.165) is 52.0 Å². The van der Waals surface area contributed by atoms with Crippen molar-refractivity contribution in [2.75, 3.05) is 39.5 Å². The first kappa shape index (κ1) is 13.8. The Balaban J connectivity index is 2.78. The molecule has 0 aromatic heterocycles. The van der Waals surface area contributed by atoms with E-state index in [0.29, 0.717) is 13.2 Å². The zero-order chi connectivity index (χ0) is 10.5. The van der Waals surface area contributed by atoms with E-state index in [1.165, 1.54) is 0 Å². The van der Waals surface area contributed by atoms with E-state index in [2.05, 4.69) is 0 Å². The molecular formula is C10H24N2O2. The van der Waals surface area contributed by atoms with Gasteiger partial charge in [-0.25, -0.2) is 0 Å². The van der Waals surface area contributed by atoms with Crippen LogP contribution in [0.2, 0.25) is 0 Å². The minimum Gasteiger partial charge on any atom is -0.379 e. The number of nitrogens with two attached hydrogens (primary N) is 2. The molecule has 0 aliphatic rings. The maximum Gasteiger partial charge on any atom is 0.0700 e. The Hall–Kier alpha value is -0.160. The second-order valence-corrected chi connectivity index (χ2v) is 3.22. The van der Waals surface area contributed by atoms with Crippen molar-refractivity contribution in [3.05, 3.63) is 0 Å². The molecule has 4 nitrogen and oxygen atoms in total. The predicted octanol–water partition coefficient (Wildman–Crippen LogP) is 0.497. The van der Waals surface area contributed by atoms with Crippen molar-refractivity contribution >= 4 is 0 Å². The molecule has 0 spiro atoms. The third-order valence-corrected chi connectivity index (χ3v) is 1.86. The highest BCUT2D eigenvalue weighted by Gasteiger charge is 1.90. The first-order chi connectivity index (χ1) is 6.91. The molecule has 0 unspecified atom stereocenters. The lowest BCUT2D eigenvalue weighted by Crippen LogP contribution is -2.08. The summed E-state index contributed by atoms with van der Waals surface area (Å²) in [5, 5.41) is 0. The van der Waals surface area contributed by atoms with Gasteiger partial charge in [0.1, 0.15) is 0 Å². The SMILES string of the molecule is NCCCCOCCOCCCCN. The van der Waals surface area contributed by atoms with Gasteiger partial charge >= 0.3 is 0 Å². The number of ether oxygens (including phenoxy) is 2. The monoisotopic (exact) mass is 204 g/mol. The van der Waals surface area contributed by atoms with Crippen molar-refractivity contribution in [3.8, 4) is 0 Å². The molecule has 0 fully saturated rings. The Morgan fingerprint density at radius 2 is 1.00 bits per heavy atom. The number of hydrogen-bond donors (Lipinski definition) is 2. The molecule has 4 N–H and O–H groups in total. The normalized spacial score (nSPS) is 10.7. The largest absolute Gasteiger partial charge is 0.379 e. The molecule has 0 aromatic rings. The highest BCUT2D eigenvalue weighted by Crippen LogP contribution is 1.90. The standard InChI is InChI=1S/C10H24N2O2/c11-5-1-3-7-13-9-10-14-8-4-2-6-12/h1-12H2. The maximum atomic E-state index is 5.35. The van der Waals surface area contributed by atoms with Crippen LogP contribution in [0.3, 0.4) is 0 Å². The lowest BCUT2D eigenvalue weighted by Gasteiger charge is -2.04. The molecule has 0 amide bonds. The van der Waals surface area contributed by atoms with Crippen molar-refractivity contribution in [3.63, 3.8) is 0 Å². The lowest BCUT2D eigenvalue weighted by atomic mass is 10.3. The third kappa shape index (κ3) is 11.8. The van der Waals surface area contributed by atoms with Crippen LogP contribution >= 0.6 is 0 Å². The number of hydrogen-bond acceptors (Lipinski definition) is 4. The fourth-order valence-corrected chi connectivity index (χ4v) is 1.02.